The average molecular weight is 226 g/mol. The Kier molecular flexibility index (Phi) is 3.05. The number of nitrogen functional groups attached to an aromatic ring is 1. The maximum atomic E-state index is 5.99. The van der Waals surface area contributed by atoms with E-state index in [1.807, 2.05) is 12.1 Å². The number of hydrogen-bond donors (Lipinski definition) is 2. The molecule has 0 saturated heterocycles. The summed E-state index contributed by atoms with van der Waals surface area (Å²) < 4.78 is 0. The molecule has 0 aliphatic carbocycles. The first kappa shape index (κ1) is 11.5. The van der Waals surface area contributed by atoms with Crippen LogP contribution in [-0.2, 0) is 0 Å². The van der Waals surface area contributed by atoms with Crippen LogP contribution < -0.4 is 11.1 Å². The van der Waals surface area contributed by atoms with E-state index in [2.05, 4.69) is 50.4 Å². The number of para-hydroxylation sites is 1. The minimum atomic E-state index is 0.783. The molecule has 2 heteroatoms. The van der Waals surface area contributed by atoms with Crippen LogP contribution in [0.15, 0.2) is 36.4 Å². The second kappa shape index (κ2) is 4.50. The van der Waals surface area contributed by atoms with Gasteiger partial charge in [0.05, 0.1) is 11.4 Å². The van der Waals surface area contributed by atoms with Crippen LogP contribution >= 0.6 is 0 Å². The zero-order valence-electron chi connectivity index (χ0n) is 10.5. The fraction of sp³-hybridized carbons (Fsp3) is 0.200. The van der Waals surface area contributed by atoms with Crippen molar-refractivity contribution in [2.45, 2.75) is 20.8 Å². The standard InChI is InChI=1S/C15H18N2/c1-10-6-5-9-14(12(10)3)17-15-11(2)7-4-8-13(15)16/h4-9,17H,16H2,1-3H3. The quantitative estimate of drug-likeness (QED) is 0.761. The molecular weight excluding hydrogens is 208 g/mol. The largest absolute Gasteiger partial charge is 0.397 e. The predicted molar refractivity (Wildman–Crippen MR) is 74.8 cm³/mol. The topological polar surface area (TPSA) is 38.0 Å². The molecule has 0 saturated carbocycles. The van der Waals surface area contributed by atoms with Crippen molar-refractivity contribution in [2.75, 3.05) is 11.1 Å². The van der Waals surface area contributed by atoms with Gasteiger partial charge in [-0.05, 0) is 49.6 Å². The number of nitrogens with one attached hydrogen (secondary N) is 1. The molecule has 0 spiro atoms. The van der Waals surface area contributed by atoms with Crippen molar-refractivity contribution in [2.24, 2.45) is 0 Å². The Balaban J connectivity index is 2.42. The van der Waals surface area contributed by atoms with Crippen LogP contribution in [0.3, 0.4) is 0 Å². The molecule has 0 heterocycles. The zero-order chi connectivity index (χ0) is 12.4. The number of nitrogens with two attached hydrogens (primary N) is 1. The summed E-state index contributed by atoms with van der Waals surface area (Å²) in [7, 11) is 0. The summed E-state index contributed by atoms with van der Waals surface area (Å²) in [6.07, 6.45) is 0. The smallest absolute Gasteiger partial charge is 0.0647 e. The highest BCUT2D eigenvalue weighted by Crippen LogP contribution is 2.29. The summed E-state index contributed by atoms with van der Waals surface area (Å²) in [6.45, 7) is 6.29. The first-order valence-corrected chi connectivity index (χ1v) is 5.78. The van der Waals surface area contributed by atoms with Crippen LogP contribution in [0.2, 0.25) is 0 Å². The van der Waals surface area contributed by atoms with E-state index in [0.717, 1.165) is 22.6 Å². The highest BCUT2D eigenvalue weighted by molar-refractivity contribution is 5.77. The fourth-order valence-electron chi connectivity index (χ4n) is 1.88. The summed E-state index contributed by atoms with van der Waals surface area (Å²) in [5.41, 5.74) is 12.6. The van der Waals surface area contributed by atoms with Crippen molar-refractivity contribution in [1.29, 1.82) is 0 Å². The van der Waals surface area contributed by atoms with E-state index in [4.69, 9.17) is 5.73 Å². The average Bonchev–Trinajstić information content (AvgIpc) is 2.29. The number of benzene rings is 2. The van der Waals surface area contributed by atoms with Crippen LogP contribution in [-0.4, -0.2) is 0 Å². The van der Waals surface area contributed by atoms with Crippen LogP contribution in [0, 0.1) is 20.8 Å². The molecule has 0 aromatic heterocycles. The van der Waals surface area contributed by atoms with E-state index in [1.54, 1.807) is 0 Å². The molecule has 2 aromatic carbocycles. The fourth-order valence-corrected chi connectivity index (χ4v) is 1.88. The van der Waals surface area contributed by atoms with E-state index < -0.39 is 0 Å². The van der Waals surface area contributed by atoms with Gasteiger partial charge in [0.2, 0.25) is 0 Å². The van der Waals surface area contributed by atoms with Gasteiger partial charge in [-0.1, -0.05) is 24.3 Å². The lowest BCUT2D eigenvalue weighted by Gasteiger charge is -2.15. The number of rotatable bonds is 2. The third kappa shape index (κ3) is 2.26. The van der Waals surface area contributed by atoms with Crippen molar-refractivity contribution < 1.29 is 0 Å². The van der Waals surface area contributed by atoms with E-state index >= 15 is 0 Å². The van der Waals surface area contributed by atoms with Gasteiger partial charge < -0.3 is 11.1 Å². The highest BCUT2D eigenvalue weighted by Gasteiger charge is 2.05. The van der Waals surface area contributed by atoms with Crippen molar-refractivity contribution in [1.82, 2.24) is 0 Å². The minimum Gasteiger partial charge on any atom is -0.397 e. The molecular formula is C15H18N2. The second-order valence-corrected chi connectivity index (χ2v) is 4.41. The Bertz CT molecular complexity index is 524. The first-order chi connectivity index (χ1) is 8.09. The maximum Gasteiger partial charge on any atom is 0.0647 e. The second-order valence-electron chi connectivity index (χ2n) is 4.41. The van der Waals surface area contributed by atoms with E-state index in [1.165, 1.54) is 11.1 Å². The van der Waals surface area contributed by atoms with Crippen molar-refractivity contribution in [3.63, 3.8) is 0 Å². The molecule has 17 heavy (non-hydrogen) atoms. The molecule has 2 aromatic rings. The van der Waals surface area contributed by atoms with Crippen LogP contribution in [0.1, 0.15) is 16.7 Å². The molecule has 0 unspecified atom stereocenters. The lowest BCUT2D eigenvalue weighted by atomic mass is 10.1. The summed E-state index contributed by atoms with van der Waals surface area (Å²) in [4.78, 5) is 0. The third-order valence-electron chi connectivity index (χ3n) is 3.17. The summed E-state index contributed by atoms with van der Waals surface area (Å²) in [5, 5.41) is 3.42. The SMILES string of the molecule is Cc1cccc(Nc2c(C)cccc2N)c1C. The highest BCUT2D eigenvalue weighted by atomic mass is 14.9. The van der Waals surface area contributed by atoms with Gasteiger partial charge in [0.25, 0.3) is 0 Å². The Morgan fingerprint density at radius 2 is 1.53 bits per heavy atom. The molecule has 0 aliphatic rings. The van der Waals surface area contributed by atoms with Crippen molar-refractivity contribution in [3.8, 4) is 0 Å². The van der Waals surface area contributed by atoms with Crippen LogP contribution in [0.4, 0.5) is 17.1 Å². The van der Waals surface area contributed by atoms with Gasteiger partial charge in [0.1, 0.15) is 0 Å². The van der Waals surface area contributed by atoms with Crippen LogP contribution in [0.25, 0.3) is 0 Å². The molecule has 3 N–H and O–H groups in total. The van der Waals surface area contributed by atoms with E-state index in [9.17, 15) is 0 Å². The summed E-state index contributed by atoms with van der Waals surface area (Å²) in [6, 6.07) is 12.2. The summed E-state index contributed by atoms with van der Waals surface area (Å²) in [5.74, 6) is 0. The molecule has 0 aliphatic heterocycles. The summed E-state index contributed by atoms with van der Waals surface area (Å²) >= 11 is 0. The monoisotopic (exact) mass is 226 g/mol. The molecule has 0 atom stereocenters. The number of aryl methyl sites for hydroxylation is 2. The Hall–Kier alpha value is -1.96. The van der Waals surface area contributed by atoms with Crippen molar-refractivity contribution >= 4 is 17.1 Å². The lowest BCUT2D eigenvalue weighted by Crippen LogP contribution is -2.00. The van der Waals surface area contributed by atoms with E-state index in [-0.39, 0.29) is 0 Å². The Morgan fingerprint density at radius 1 is 0.882 bits per heavy atom. The predicted octanol–water partition coefficient (Wildman–Crippen LogP) is 3.94. The number of anilines is 3. The first-order valence-electron chi connectivity index (χ1n) is 5.78. The van der Waals surface area contributed by atoms with Crippen molar-refractivity contribution in [3.05, 3.63) is 53.1 Å². The zero-order valence-corrected chi connectivity index (χ0v) is 10.5. The van der Waals surface area contributed by atoms with Gasteiger partial charge in [-0.2, -0.15) is 0 Å². The van der Waals surface area contributed by atoms with Gasteiger partial charge in [-0.15, -0.1) is 0 Å². The third-order valence-corrected chi connectivity index (χ3v) is 3.17. The van der Waals surface area contributed by atoms with Gasteiger partial charge in [-0.3, -0.25) is 0 Å². The number of hydrogen-bond acceptors (Lipinski definition) is 2. The molecule has 0 bridgehead atoms. The normalized spacial score (nSPS) is 10.3. The molecule has 2 rings (SSSR count). The molecule has 0 fully saturated rings. The van der Waals surface area contributed by atoms with Gasteiger partial charge >= 0.3 is 0 Å². The maximum absolute atomic E-state index is 5.99. The minimum absolute atomic E-state index is 0.783. The van der Waals surface area contributed by atoms with Gasteiger partial charge in [-0.25, -0.2) is 0 Å². The van der Waals surface area contributed by atoms with Gasteiger partial charge in [0, 0.05) is 5.69 Å². The Labute approximate surface area is 102 Å². The van der Waals surface area contributed by atoms with E-state index in [0.29, 0.717) is 0 Å². The lowest BCUT2D eigenvalue weighted by molar-refractivity contribution is 1.32. The Morgan fingerprint density at radius 3 is 2.24 bits per heavy atom. The molecule has 0 radical (unpaired) electrons. The molecule has 2 nitrogen and oxygen atoms in total. The van der Waals surface area contributed by atoms with Gasteiger partial charge in [0.15, 0.2) is 0 Å². The van der Waals surface area contributed by atoms with Crippen LogP contribution in [0.5, 0.6) is 0 Å². The molecule has 88 valence electrons. The molecule has 0 amide bonds.